The normalized spacial score (nSPS) is 10.4. The highest BCUT2D eigenvalue weighted by molar-refractivity contribution is 7.80. The van der Waals surface area contributed by atoms with Crippen molar-refractivity contribution in [2.24, 2.45) is 5.92 Å². The molecule has 3 heteroatoms. The molecule has 0 aliphatic carbocycles. The van der Waals surface area contributed by atoms with Crippen LogP contribution < -0.4 is 0 Å². The van der Waals surface area contributed by atoms with Crippen LogP contribution in [0.3, 0.4) is 0 Å². The highest BCUT2D eigenvalue weighted by Gasteiger charge is 2.05. The third-order valence-corrected chi connectivity index (χ3v) is 2.16. The lowest BCUT2D eigenvalue weighted by molar-refractivity contribution is -0.143. The van der Waals surface area contributed by atoms with Crippen molar-refractivity contribution >= 4 is 18.6 Å². The molecule has 0 unspecified atom stereocenters. The molecule has 0 saturated heterocycles. The lowest BCUT2D eigenvalue weighted by Crippen LogP contribution is -2.12. The zero-order valence-electron chi connectivity index (χ0n) is 9.06. The number of thiol groups is 1. The Morgan fingerprint density at radius 3 is 2.47 bits per heavy atom. The van der Waals surface area contributed by atoms with Crippen LogP contribution in [0.25, 0.3) is 0 Å². The Hall–Kier alpha value is -0.960. The first-order valence-electron chi connectivity index (χ1n) is 5.01. The molecule has 1 aromatic rings. The summed E-state index contributed by atoms with van der Waals surface area (Å²) in [4.78, 5) is 12.3. The van der Waals surface area contributed by atoms with E-state index in [1.54, 1.807) is 0 Å². The lowest BCUT2D eigenvalue weighted by atomic mass is 10.1. The van der Waals surface area contributed by atoms with Crippen LogP contribution in [0, 0.1) is 5.92 Å². The van der Waals surface area contributed by atoms with E-state index in [1.165, 1.54) is 0 Å². The van der Waals surface area contributed by atoms with E-state index in [-0.39, 0.29) is 5.97 Å². The predicted octanol–water partition coefficient (Wildman–Crippen LogP) is 2.72. The van der Waals surface area contributed by atoms with Gasteiger partial charge in [-0.05, 0) is 23.6 Å². The van der Waals surface area contributed by atoms with Gasteiger partial charge in [0.15, 0.2) is 0 Å². The molecule has 0 N–H and O–H groups in total. The minimum Gasteiger partial charge on any atom is -0.465 e. The molecule has 82 valence electrons. The third-order valence-electron chi connectivity index (χ3n) is 1.86. The van der Waals surface area contributed by atoms with Crippen molar-refractivity contribution in [3.63, 3.8) is 0 Å². The van der Waals surface area contributed by atoms with E-state index in [0.29, 0.717) is 18.9 Å². The zero-order valence-corrected chi connectivity index (χ0v) is 9.96. The van der Waals surface area contributed by atoms with Crippen LogP contribution in [0.1, 0.15) is 19.4 Å². The molecule has 1 rings (SSSR count). The fourth-order valence-corrected chi connectivity index (χ4v) is 1.24. The van der Waals surface area contributed by atoms with Crippen LogP contribution in [-0.4, -0.2) is 12.6 Å². The van der Waals surface area contributed by atoms with Crippen LogP contribution in [0.4, 0.5) is 0 Å². The number of esters is 1. The van der Waals surface area contributed by atoms with E-state index in [2.05, 4.69) is 12.6 Å². The molecule has 0 fully saturated rings. The molecule has 0 heterocycles. The van der Waals surface area contributed by atoms with Gasteiger partial charge >= 0.3 is 5.97 Å². The van der Waals surface area contributed by atoms with Crippen molar-refractivity contribution in [3.05, 3.63) is 29.8 Å². The molecular formula is C12H16O2S. The summed E-state index contributed by atoms with van der Waals surface area (Å²) in [6.07, 6.45) is 0.334. The summed E-state index contributed by atoms with van der Waals surface area (Å²) < 4.78 is 5.08. The highest BCUT2D eigenvalue weighted by Crippen LogP contribution is 2.08. The topological polar surface area (TPSA) is 26.3 Å². The molecule has 0 radical (unpaired) electrons. The Labute approximate surface area is 96.1 Å². The van der Waals surface area contributed by atoms with Crippen molar-refractivity contribution < 1.29 is 9.53 Å². The Kier molecular flexibility index (Phi) is 4.69. The Bertz CT molecular complexity index is 317. The Balaban J connectivity index is 2.41. The monoisotopic (exact) mass is 224 g/mol. The first-order valence-corrected chi connectivity index (χ1v) is 5.46. The van der Waals surface area contributed by atoms with Crippen molar-refractivity contribution in [2.45, 2.75) is 25.2 Å². The van der Waals surface area contributed by atoms with Crippen LogP contribution in [-0.2, 0) is 16.0 Å². The van der Waals surface area contributed by atoms with Gasteiger partial charge in [0.2, 0.25) is 0 Å². The van der Waals surface area contributed by atoms with Gasteiger partial charge in [0.1, 0.15) is 0 Å². The first kappa shape index (κ1) is 12.1. The predicted molar refractivity (Wildman–Crippen MR) is 63.2 cm³/mol. The van der Waals surface area contributed by atoms with E-state index in [0.717, 1.165) is 10.5 Å². The van der Waals surface area contributed by atoms with E-state index >= 15 is 0 Å². The molecular weight excluding hydrogens is 208 g/mol. The molecule has 0 aromatic heterocycles. The molecule has 0 amide bonds. The Morgan fingerprint density at radius 2 is 1.93 bits per heavy atom. The SMILES string of the molecule is CC(C)COC(=O)Cc1ccc(S)cc1. The van der Waals surface area contributed by atoms with E-state index in [9.17, 15) is 4.79 Å². The van der Waals surface area contributed by atoms with Crippen LogP contribution in [0.5, 0.6) is 0 Å². The quantitative estimate of drug-likeness (QED) is 0.628. The smallest absolute Gasteiger partial charge is 0.310 e. The van der Waals surface area contributed by atoms with Gasteiger partial charge < -0.3 is 4.74 Å². The summed E-state index contributed by atoms with van der Waals surface area (Å²) in [6, 6.07) is 7.51. The molecule has 0 spiro atoms. The van der Waals surface area contributed by atoms with E-state index < -0.39 is 0 Å². The number of ether oxygens (including phenoxy) is 1. The van der Waals surface area contributed by atoms with Gasteiger partial charge in [0.05, 0.1) is 13.0 Å². The molecule has 0 bridgehead atoms. The minimum atomic E-state index is -0.171. The number of carbonyl (C=O) groups excluding carboxylic acids is 1. The number of hydrogen-bond donors (Lipinski definition) is 1. The summed E-state index contributed by atoms with van der Waals surface area (Å²) in [5.74, 6) is 0.212. The molecule has 2 nitrogen and oxygen atoms in total. The number of benzene rings is 1. The molecule has 15 heavy (non-hydrogen) atoms. The number of carbonyl (C=O) groups is 1. The average Bonchev–Trinajstić information content (AvgIpc) is 2.19. The second-order valence-corrected chi connectivity index (χ2v) is 4.44. The summed E-state index contributed by atoms with van der Waals surface area (Å²) >= 11 is 4.17. The van der Waals surface area contributed by atoms with Crippen LogP contribution in [0.15, 0.2) is 29.2 Å². The summed E-state index contributed by atoms with van der Waals surface area (Å²) in [5.41, 5.74) is 0.960. The van der Waals surface area contributed by atoms with Gasteiger partial charge in [-0.3, -0.25) is 4.79 Å². The molecule has 0 aliphatic rings. The molecule has 1 aromatic carbocycles. The van der Waals surface area contributed by atoms with Crippen molar-refractivity contribution in [1.29, 1.82) is 0 Å². The van der Waals surface area contributed by atoms with E-state index in [1.807, 2.05) is 38.1 Å². The van der Waals surface area contributed by atoms with Gasteiger partial charge in [-0.1, -0.05) is 26.0 Å². The highest BCUT2D eigenvalue weighted by atomic mass is 32.1. The maximum atomic E-state index is 11.4. The average molecular weight is 224 g/mol. The van der Waals surface area contributed by atoms with Crippen LogP contribution in [0.2, 0.25) is 0 Å². The first-order chi connectivity index (χ1) is 7.08. The molecule has 0 atom stereocenters. The summed E-state index contributed by atoms with van der Waals surface area (Å²) in [7, 11) is 0. The second kappa shape index (κ2) is 5.81. The van der Waals surface area contributed by atoms with Gasteiger partial charge in [-0.2, -0.15) is 0 Å². The van der Waals surface area contributed by atoms with Crippen molar-refractivity contribution in [1.82, 2.24) is 0 Å². The molecule has 0 aliphatic heterocycles. The maximum absolute atomic E-state index is 11.4. The Morgan fingerprint density at radius 1 is 1.33 bits per heavy atom. The van der Waals surface area contributed by atoms with Crippen molar-refractivity contribution in [2.75, 3.05) is 6.61 Å². The minimum absolute atomic E-state index is 0.171. The van der Waals surface area contributed by atoms with Gasteiger partial charge in [-0.25, -0.2) is 0 Å². The summed E-state index contributed by atoms with van der Waals surface area (Å²) in [6.45, 7) is 4.52. The van der Waals surface area contributed by atoms with Gasteiger partial charge in [-0.15, -0.1) is 12.6 Å². The second-order valence-electron chi connectivity index (χ2n) is 3.92. The fraction of sp³-hybridized carbons (Fsp3) is 0.417. The maximum Gasteiger partial charge on any atom is 0.310 e. The van der Waals surface area contributed by atoms with Gasteiger partial charge in [0, 0.05) is 4.90 Å². The summed E-state index contributed by atoms with van der Waals surface area (Å²) in [5, 5.41) is 0. The standard InChI is InChI=1S/C12H16O2S/c1-9(2)8-14-12(13)7-10-3-5-11(15)6-4-10/h3-6,9,15H,7-8H2,1-2H3. The molecule has 0 saturated carbocycles. The van der Waals surface area contributed by atoms with Gasteiger partial charge in [0.25, 0.3) is 0 Å². The number of hydrogen-bond acceptors (Lipinski definition) is 3. The largest absolute Gasteiger partial charge is 0.465 e. The zero-order chi connectivity index (χ0) is 11.3. The number of rotatable bonds is 4. The van der Waals surface area contributed by atoms with Crippen molar-refractivity contribution in [3.8, 4) is 0 Å². The fourth-order valence-electron chi connectivity index (χ4n) is 1.09. The third kappa shape index (κ3) is 4.88. The van der Waals surface area contributed by atoms with Crippen LogP contribution >= 0.6 is 12.6 Å². The van der Waals surface area contributed by atoms with E-state index in [4.69, 9.17) is 4.74 Å². The lowest BCUT2D eigenvalue weighted by Gasteiger charge is -2.07.